The highest BCUT2D eigenvalue weighted by Gasteiger charge is 2.24. The van der Waals surface area contributed by atoms with Gasteiger partial charge in [-0.1, -0.05) is 44.2 Å². The van der Waals surface area contributed by atoms with E-state index in [2.05, 4.69) is 5.32 Å². The van der Waals surface area contributed by atoms with Gasteiger partial charge in [-0.2, -0.15) is 4.31 Å². The lowest BCUT2D eigenvalue weighted by Crippen LogP contribution is -2.43. The summed E-state index contributed by atoms with van der Waals surface area (Å²) in [6, 6.07) is 12.5. The Morgan fingerprint density at radius 1 is 1.08 bits per heavy atom. The fourth-order valence-corrected chi connectivity index (χ4v) is 3.42. The van der Waals surface area contributed by atoms with E-state index in [9.17, 15) is 13.2 Å². The first-order valence-corrected chi connectivity index (χ1v) is 9.40. The molecule has 24 heavy (non-hydrogen) atoms. The lowest BCUT2D eigenvalue weighted by Gasteiger charge is -2.21. The van der Waals surface area contributed by atoms with Crippen LogP contribution in [0.3, 0.4) is 0 Å². The fraction of sp³-hybridized carbons (Fsp3) is 0.389. The molecule has 1 atom stereocenters. The first-order chi connectivity index (χ1) is 11.2. The normalized spacial score (nSPS) is 13.4. The van der Waals surface area contributed by atoms with Gasteiger partial charge in [-0.3, -0.25) is 4.79 Å². The zero-order valence-corrected chi connectivity index (χ0v) is 15.3. The molecule has 0 aromatic heterocycles. The monoisotopic (exact) mass is 348 g/mol. The SMILES string of the molecule is CC(C)[C@@H](C)NC(=O)CN(C)S(=O)(=O)c1ccc2ccccc2c1. The Morgan fingerprint density at radius 3 is 2.33 bits per heavy atom. The van der Waals surface area contributed by atoms with Gasteiger partial charge in [0.05, 0.1) is 11.4 Å². The summed E-state index contributed by atoms with van der Waals surface area (Å²) < 4.78 is 26.4. The van der Waals surface area contributed by atoms with Crippen molar-refractivity contribution >= 4 is 26.7 Å². The van der Waals surface area contributed by atoms with Gasteiger partial charge in [-0.05, 0) is 35.7 Å². The summed E-state index contributed by atoms with van der Waals surface area (Å²) >= 11 is 0. The van der Waals surface area contributed by atoms with Crippen molar-refractivity contribution in [3.63, 3.8) is 0 Å². The first kappa shape index (κ1) is 18.4. The van der Waals surface area contributed by atoms with Gasteiger partial charge in [0.15, 0.2) is 0 Å². The van der Waals surface area contributed by atoms with Gasteiger partial charge < -0.3 is 5.32 Å². The number of carbonyl (C=O) groups is 1. The van der Waals surface area contributed by atoms with Crippen LogP contribution in [0.15, 0.2) is 47.4 Å². The van der Waals surface area contributed by atoms with E-state index in [0.29, 0.717) is 0 Å². The van der Waals surface area contributed by atoms with Crippen LogP contribution in [0.25, 0.3) is 10.8 Å². The molecule has 0 fully saturated rings. The standard InChI is InChI=1S/C18H24N2O3S/c1-13(2)14(3)19-18(21)12-20(4)24(22,23)17-10-9-15-7-5-6-8-16(15)11-17/h5-11,13-14H,12H2,1-4H3,(H,19,21)/t14-/m1/s1. The summed E-state index contributed by atoms with van der Waals surface area (Å²) in [7, 11) is -2.29. The molecule has 0 aliphatic heterocycles. The van der Waals surface area contributed by atoms with Gasteiger partial charge in [0.2, 0.25) is 15.9 Å². The van der Waals surface area contributed by atoms with Gasteiger partial charge in [0, 0.05) is 13.1 Å². The van der Waals surface area contributed by atoms with Crippen LogP contribution in [0.5, 0.6) is 0 Å². The number of fused-ring (bicyclic) bond motifs is 1. The predicted octanol–water partition coefficient (Wildman–Crippen LogP) is 2.62. The van der Waals surface area contributed by atoms with Gasteiger partial charge in [-0.25, -0.2) is 8.42 Å². The molecule has 2 rings (SSSR count). The zero-order chi connectivity index (χ0) is 17.9. The average molecular weight is 348 g/mol. The predicted molar refractivity (Wildman–Crippen MR) is 96.2 cm³/mol. The Labute approximate surface area is 143 Å². The van der Waals surface area contributed by atoms with Gasteiger partial charge in [0.25, 0.3) is 0 Å². The quantitative estimate of drug-likeness (QED) is 0.873. The molecule has 0 radical (unpaired) electrons. The third kappa shape index (κ3) is 4.13. The summed E-state index contributed by atoms with van der Waals surface area (Å²) in [6.07, 6.45) is 0. The van der Waals surface area contributed by atoms with Crippen molar-refractivity contribution < 1.29 is 13.2 Å². The molecule has 2 aromatic rings. The minimum Gasteiger partial charge on any atom is -0.352 e. The molecule has 2 aromatic carbocycles. The van der Waals surface area contributed by atoms with Crippen LogP contribution in [-0.4, -0.2) is 38.3 Å². The maximum Gasteiger partial charge on any atom is 0.243 e. The summed E-state index contributed by atoms with van der Waals surface area (Å²) in [6.45, 7) is 5.70. The highest BCUT2D eigenvalue weighted by Crippen LogP contribution is 2.21. The fourth-order valence-electron chi connectivity index (χ4n) is 2.26. The summed E-state index contributed by atoms with van der Waals surface area (Å²) in [4.78, 5) is 12.2. The number of amides is 1. The number of hydrogen-bond acceptors (Lipinski definition) is 3. The minimum absolute atomic E-state index is 0.00530. The van der Waals surface area contributed by atoms with Crippen molar-refractivity contribution in [2.75, 3.05) is 13.6 Å². The lowest BCUT2D eigenvalue weighted by atomic mass is 10.1. The Bertz CT molecular complexity index is 831. The van der Waals surface area contributed by atoms with Crippen LogP contribution in [0, 0.1) is 5.92 Å². The average Bonchev–Trinajstić information content (AvgIpc) is 2.53. The van der Waals surface area contributed by atoms with E-state index in [1.807, 2.05) is 45.0 Å². The number of hydrogen-bond donors (Lipinski definition) is 1. The highest BCUT2D eigenvalue weighted by molar-refractivity contribution is 7.89. The van der Waals surface area contributed by atoms with Crippen LogP contribution in [-0.2, 0) is 14.8 Å². The molecular weight excluding hydrogens is 324 g/mol. The van der Waals surface area contributed by atoms with Crippen LogP contribution in [0.4, 0.5) is 0 Å². The number of nitrogens with zero attached hydrogens (tertiary/aromatic N) is 1. The van der Waals surface area contributed by atoms with Gasteiger partial charge in [0.1, 0.15) is 0 Å². The number of benzene rings is 2. The number of carbonyl (C=O) groups excluding carboxylic acids is 1. The van der Waals surface area contributed by atoms with E-state index in [-0.39, 0.29) is 29.3 Å². The van der Waals surface area contributed by atoms with Crippen molar-refractivity contribution in [3.05, 3.63) is 42.5 Å². The topological polar surface area (TPSA) is 66.5 Å². The minimum atomic E-state index is -3.71. The second-order valence-corrected chi connectivity index (χ2v) is 8.42. The zero-order valence-electron chi connectivity index (χ0n) is 14.5. The summed E-state index contributed by atoms with van der Waals surface area (Å²) in [5, 5.41) is 4.64. The van der Waals surface area contributed by atoms with Crippen molar-refractivity contribution in [2.45, 2.75) is 31.7 Å². The molecule has 0 bridgehead atoms. The molecule has 5 nitrogen and oxygen atoms in total. The van der Waals surface area contributed by atoms with E-state index in [1.54, 1.807) is 18.2 Å². The third-order valence-corrected chi connectivity index (χ3v) is 5.98. The Hall–Kier alpha value is -1.92. The van der Waals surface area contributed by atoms with Crippen molar-refractivity contribution in [2.24, 2.45) is 5.92 Å². The molecule has 0 heterocycles. The Morgan fingerprint density at radius 2 is 1.71 bits per heavy atom. The smallest absolute Gasteiger partial charge is 0.243 e. The van der Waals surface area contributed by atoms with E-state index in [1.165, 1.54) is 7.05 Å². The molecule has 130 valence electrons. The van der Waals surface area contributed by atoms with Gasteiger partial charge >= 0.3 is 0 Å². The molecule has 1 N–H and O–H groups in total. The van der Waals surface area contributed by atoms with Crippen molar-refractivity contribution in [1.82, 2.24) is 9.62 Å². The summed E-state index contributed by atoms with van der Waals surface area (Å²) in [5.41, 5.74) is 0. The van der Waals surface area contributed by atoms with E-state index < -0.39 is 10.0 Å². The number of likely N-dealkylation sites (N-methyl/N-ethyl adjacent to an activating group) is 1. The molecule has 0 spiro atoms. The van der Waals surface area contributed by atoms with Crippen LogP contribution in [0.1, 0.15) is 20.8 Å². The molecule has 0 unspecified atom stereocenters. The number of sulfonamides is 1. The maximum absolute atomic E-state index is 12.7. The van der Waals surface area contributed by atoms with Crippen LogP contribution < -0.4 is 5.32 Å². The molecular formula is C18H24N2O3S. The van der Waals surface area contributed by atoms with Crippen molar-refractivity contribution in [3.8, 4) is 0 Å². The largest absolute Gasteiger partial charge is 0.352 e. The molecule has 0 saturated heterocycles. The van der Waals surface area contributed by atoms with Crippen molar-refractivity contribution in [1.29, 1.82) is 0 Å². The van der Waals surface area contributed by atoms with Gasteiger partial charge in [-0.15, -0.1) is 0 Å². The molecule has 0 saturated carbocycles. The van der Waals surface area contributed by atoms with E-state index >= 15 is 0 Å². The third-order valence-electron chi connectivity index (χ3n) is 4.18. The maximum atomic E-state index is 12.7. The molecule has 6 heteroatoms. The first-order valence-electron chi connectivity index (χ1n) is 7.96. The summed E-state index contributed by atoms with van der Waals surface area (Å²) in [5.74, 6) is -0.0144. The number of rotatable bonds is 6. The van der Waals surface area contributed by atoms with E-state index in [4.69, 9.17) is 0 Å². The second kappa shape index (κ2) is 7.32. The second-order valence-electron chi connectivity index (χ2n) is 6.37. The van der Waals surface area contributed by atoms with E-state index in [0.717, 1.165) is 15.1 Å². The highest BCUT2D eigenvalue weighted by atomic mass is 32.2. The molecule has 0 aliphatic carbocycles. The molecule has 1 amide bonds. The van der Waals surface area contributed by atoms with Crippen LogP contribution in [0.2, 0.25) is 0 Å². The molecule has 0 aliphatic rings. The lowest BCUT2D eigenvalue weighted by molar-refractivity contribution is -0.122. The Kier molecular flexibility index (Phi) is 5.62. The van der Waals surface area contributed by atoms with Crippen LogP contribution >= 0.6 is 0 Å². The Balaban J connectivity index is 2.17. The number of nitrogens with one attached hydrogen (secondary N) is 1.